The lowest BCUT2D eigenvalue weighted by atomic mass is 9.91. The molecule has 3 atom stereocenters. The van der Waals surface area contributed by atoms with E-state index < -0.39 is 11.9 Å². The molecule has 0 bridgehead atoms. The van der Waals surface area contributed by atoms with Crippen molar-refractivity contribution in [2.75, 3.05) is 0 Å². The van der Waals surface area contributed by atoms with E-state index in [-0.39, 0.29) is 12.2 Å². The van der Waals surface area contributed by atoms with E-state index in [0.717, 1.165) is 0 Å². The smallest absolute Gasteiger partial charge is 0.163 e. The standard InChI is InChI=1S/C9H15NO3/c1-9(2)12-7-4-5(10)3-6(11)8(7)13-9/h6-8,10-11H,3-4H2,1-2H3/t6?,7-,8-/m0/s1. The van der Waals surface area contributed by atoms with Crippen LogP contribution < -0.4 is 0 Å². The molecule has 0 aromatic heterocycles. The van der Waals surface area contributed by atoms with Crippen LogP contribution in [0.3, 0.4) is 0 Å². The van der Waals surface area contributed by atoms with Crippen molar-refractivity contribution in [3.05, 3.63) is 0 Å². The Bertz CT molecular complexity index is 239. The third kappa shape index (κ3) is 1.61. The van der Waals surface area contributed by atoms with E-state index in [4.69, 9.17) is 14.9 Å². The van der Waals surface area contributed by atoms with Gasteiger partial charge < -0.3 is 20.0 Å². The van der Waals surface area contributed by atoms with E-state index in [9.17, 15) is 5.11 Å². The lowest BCUT2D eigenvalue weighted by molar-refractivity contribution is -0.153. The Hall–Kier alpha value is -0.450. The van der Waals surface area contributed by atoms with Crippen LogP contribution >= 0.6 is 0 Å². The molecule has 4 nitrogen and oxygen atoms in total. The van der Waals surface area contributed by atoms with Crippen molar-refractivity contribution in [2.45, 2.75) is 50.8 Å². The summed E-state index contributed by atoms with van der Waals surface area (Å²) in [5, 5.41) is 17.1. The maximum absolute atomic E-state index is 9.64. The summed E-state index contributed by atoms with van der Waals surface area (Å²) in [6, 6.07) is 0. The van der Waals surface area contributed by atoms with Gasteiger partial charge in [0.2, 0.25) is 0 Å². The number of hydrogen-bond donors (Lipinski definition) is 2. The van der Waals surface area contributed by atoms with Gasteiger partial charge in [0.1, 0.15) is 6.10 Å². The van der Waals surface area contributed by atoms with Crippen molar-refractivity contribution < 1.29 is 14.6 Å². The van der Waals surface area contributed by atoms with Gasteiger partial charge in [-0.25, -0.2) is 0 Å². The molecule has 2 rings (SSSR count). The van der Waals surface area contributed by atoms with Gasteiger partial charge in [-0.05, 0) is 13.8 Å². The zero-order valence-electron chi connectivity index (χ0n) is 7.91. The van der Waals surface area contributed by atoms with E-state index in [1.165, 1.54) is 0 Å². The second-order valence-electron chi connectivity index (χ2n) is 4.22. The summed E-state index contributed by atoms with van der Waals surface area (Å²) in [5.41, 5.74) is 0.551. The fraction of sp³-hybridized carbons (Fsp3) is 0.889. The molecule has 1 aliphatic carbocycles. The lowest BCUT2D eigenvalue weighted by Gasteiger charge is -2.27. The third-order valence-corrected chi connectivity index (χ3v) is 2.50. The molecule has 74 valence electrons. The van der Waals surface area contributed by atoms with E-state index in [1.54, 1.807) is 0 Å². The normalized spacial score (nSPS) is 43.3. The molecule has 13 heavy (non-hydrogen) atoms. The minimum absolute atomic E-state index is 0.133. The fourth-order valence-electron chi connectivity index (χ4n) is 2.04. The van der Waals surface area contributed by atoms with Crippen LogP contribution in [0.2, 0.25) is 0 Å². The maximum Gasteiger partial charge on any atom is 0.163 e. The Morgan fingerprint density at radius 2 is 2.08 bits per heavy atom. The summed E-state index contributed by atoms with van der Waals surface area (Å²) in [6.07, 6.45) is 0.0505. The maximum atomic E-state index is 9.64. The number of aliphatic hydroxyl groups is 1. The fourth-order valence-corrected chi connectivity index (χ4v) is 2.04. The molecule has 0 spiro atoms. The molecule has 2 N–H and O–H groups in total. The van der Waals surface area contributed by atoms with Gasteiger partial charge in [0.15, 0.2) is 5.79 Å². The molecule has 1 saturated carbocycles. The van der Waals surface area contributed by atoms with Crippen molar-refractivity contribution >= 4 is 5.71 Å². The van der Waals surface area contributed by atoms with Gasteiger partial charge in [-0.15, -0.1) is 0 Å². The van der Waals surface area contributed by atoms with Crippen LogP contribution in [0.25, 0.3) is 0 Å². The third-order valence-electron chi connectivity index (χ3n) is 2.50. The van der Waals surface area contributed by atoms with E-state index in [2.05, 4.69) is 0 Å². The quantitative estimate of drug-likeness (QED) is 0.583. The highest BCUT2D eigenvalue weighted by Crippen LogP contribution is 2.35. The van der Waals surface area contributed by atoms with Crippen LogP contribution in [0.5, 0.6) is 0 Å². The number of ether oxygens (including phenoxy) is 2. The first-order valence-electron chi connectivity index (χ1n) is 4.58. The van der Waals surface area contributed by atoms with Gasteiger partial charge in [-0.3, -0.25) is 0 Å². The largest absolute Gasteiger partial charge is 0.390 e. The zero-order valence-corrected chi connectivity index (χ0v) is 7.91. The van der Waals surface area contributed by atoms with Gasteiger partial charge in [-0.2, -0.15) is 0 Å². The summed E-state index contributed by atoms with van der Waals surface area (Å²) < 4.78 is 11.1. The van der Waals surface area contributed by atoms with E-state index >= 15 is 0 Å². The van der Waals surface area contributed by atoms with Crippen LogP contribution in [-0.2, 0) is 9.47 Å². The summed E-state index contributed by atoms with van der Waals surface area (Å²) in [5.74, 6) is -0.610. The first kappa shape index (κ1) is 9.12. The summed E-state index contributed by atoms with van der Waals surface area (Å²) in [6.45, 7) is 3.67. The topological polar surface area (TPSA) is 62.5 Å². The molecular formula is C9H15NO3. The van der Waals surface area contributed by atoms with Gasteiger partial charge in [0.25, 0.3) is 0 Å². The molecule has 0 aromatic rings. The molecule has 1 aliphatic heterocycles. The minimum Gasteiger partial charge on any atom is -0.390 e. The predicted octanol–water partition coefficient (Wildman–Crippen LogP) is 0.681. The first-order valence-corrected chi connectivity index (χ1v) is 4.58. The molecule has 0 radical (unpaired) electrons. The van der Waals surface area contributed by atoms with Gasteiger partial charge >= 0.3 is 0 Å². The Morgan fingerprint density at radius 1 is 1.38 bits per heavy atom. The number of nitrogens with one attached hydrogen (secondary N) is 1. The van der Waals surface area contributed by atoms with Gasteiger partial charge in [0.05, 0.1) is 12.2 Å². The lowest BCUT2D eigenvalue weighted by Crippen LogP contribution is -2.42. The second kappa shape index (κ2) is 2.77. The Balaban J connectivity index is 2.14. The molecular weight excluding hydrogens is 170 g/mol. The molecule has 1 unspecified atom stereocenters. The highest BCUT2D eigenvalue weighted by atomic mass is 16.8. The number of aliphatic hydroxyl groups excluding tert-OH is 1. The summed E-state index contributed by atoms with van der Waals surface area (Å²) in [4.78, 5) is 0. The highest BCUT2D eigenvalue weighted by molar-refractivity contribution is 5.83. The second-order valence-corrected chi connectivity index (χ2v) is 4.22. The molecule has 0 aromatic carbocycles. The summed E-state index contributed by atoms with van der Waals surface area (Å²) in [7, 11) is 0. The highest BCUT2D eigenvalue weighted by Gasteiger charge is 2.47. The average Bonchev–Trinajstić information content (AvgIpc) is 2.23. The SMILES string of the molecule is CC1(C)O[C@H]2CC(=N)CC(O)[C@@H]2O1. The minimum atomic E-state index is -0.610. The van der Waals surface area contributed by atoms with Crippen LogP contribution in [0.4, 0.5) is 0 Å². The van der Waals surface area contributed by atoms with Crippen LogP contribution in [0.15, 0.2) is 0 Å². The monoisotopic (exact) mass is 185 g/mol. The average molecular weight is 185 g/mol. The summed E-state index contributed by atoms with van der Waals surface area (Å²) >= 11 is 0. The van der Waals surface area contributed by atoms with E-state index in [1.807, 2.05) is 13.8 Å². The molecule has 1 heterocycles. The van der Waals surface area contributed by atoms with Crippen LogP contribution in [0, 0.1) is 5.41 Å². The number of fused-ring (bicyclic) bond motifs is 1. The number of hydrogen-bond acceptors (Lipinski definition) is 4. The van der Waals surface area contributed by atoms with Crippen molar-refractivity contribution in [3.63, 3.8) is 0 Å². The Labute approximate surface area is 77.4 Å². The van der Waals surface area contributed by atoms with Gasteiger partial charge in [-0.1, -0.05) is 0 Å². The van der Waals surface area contributed by atoms with Crippen LogP contribution in [-0.4, -0.2) is 34.9 Å². The molecule has 1 saturated heterocycles. The number of rotatable bonds is 0. The molecule has 0 amide bonds. The van der Waals surface area contributed by atoms with Gasteiger partial charge in [0, 0.05) is 18.6 Å². The van der Waals surface area contributed by atoms with Crippen molar-refractivity contribution in [1.29, 1.82) is 5.41 Å². The Kier molecular flexibility index (Phi) is 1.94. The zero-order chi connectivity index (χ0) is 9.64. The molecule has 4 heteroatoms. The predicted molar refractivity (Wildman–Crippen MR) is 46.8 cm³/mol. The molecule has 2 fully saturated rings. The molecule has 2 aliphatic rings. The van der Waals surface area contributed by atoms with Crippen molar-refractivity contribution in [2.24, 2.45) is 0 Å². The van der Waals surface area contributed by atoms with Crippen molar-refractivity contribution in [1.82, 2.24) is 0 Å². The van der Waals surface area contributed by atoms with Crippen LogP contribution in [0.1, 0.15) is 26.7 Å². The Morgan fingerprint density at radius 3 is 2.77 bits per heavy atom. The van der Waals surface area contributed by atoms with E-state index in [0.29, 0.717) is 18.6 Å². The van der Waals surface area contributed by atoms with Crippen molar-refractivity contribution in [3.8, 4) is 0 Å². The first-order chi connectivity index (χ1) is 5.98.